The van der Waals surface area contributed by atoms with E-state index in [0.29, 0.717) is 13.1 Å². The van der Waals surface area contributed by atoms with Crippen molar-refractivity contribution in [3.8, 4) is 0 Å². The molecule has 2 rings (SSSR count). The zero-order valence-electron chi connectivity index (χ0n) is 9.12. The second-order valence-corrected chi connectivity index (χ2v) is 3.86. The zero-order valence-corrected chi connectivity index (χ0v) is 9.12. The van der Waals surface area contributed by atoms with Crippen molar-refractivity contribution in [1.82, 2.24) is 4.90 Å². The molecule has 2 N–H and O–H groups in total. The summed E-state index contributed by atoms with van der Waals surface area (Å²) in [5, 5.41) is 0. The van der Waals surface area contributed by atoms with Gasteiger partial charge >= 0.3 is 0 Å². The van der Waals surface area contributed by atoms with Gasteiger partial charge in [0.1, 0.15) is 0 Å². The van der Waals surface area contributed by atoms with Gasteiger partial charge in [-0.1, -0.05) is 12.2 Å². The monoisotopic (exact) mass is 238 g/mol. The topological polar surface area (TPSA) is 46.3 Å². The first-order valence-electron chi connectivity index (χ1n) is 5.28. The average molecular weight is 238 g/mol. The van der Waals surface area contributed by atoms with Crippen LogP contribution < -0.4 is 5.73 Å². The van der Waals surface area contributed by atoms with Crippen LogP contribution in [0.4, 0.5) is 14.5 Å². The zero-order chi connectivity index (χ0) is 12.4. The van der Waals surface area contributed by atoms with Gasteiger partial charge in [0.25, 0.3) is 5.91 Å². The lowest BCUT2D eigenvalue weighted by molar-refractivity contribution is 0.0771. The summed E-state index contributed by atoms with van der Waals surface area (Å²) >= 11 is 0. The number of halogens is 2. The second-order valence-electron chi connectivity index (χ2n) is 3.86. The lowest BCUT2D eigenvalue weighted by atomic mass is 10.1. The lowest BCUT2D eigenvalue weighted by Gasteiger charge is -2.24. The fourth-order valence-corrected chi connectivity index (χ4v) is 1.74. The van der Waals surface area contributed by atoms with Crippen molar-refractivity contribution in [1.29, 1.82) is 0 Å². The van der Waals surface area contributed by atoms with Gasteiger partial charge in [-0.15, -0.1) is 0 Å². The number of benzene rings is 1. The Bertz CT molecular complexity index is 486. The van der Waals surface area contributed by atoms with Crippen LogP contribution in [0.2, 0.25) is 0 Å². The molecule has 0 spiro atoms. The minimum absolute atomic E-state index is 0.0131. The van der Waals surface area contributed by atoms with Crippen LogP contribution in [-0.2, 0) is 0 Å². The summed E-state index contributed by atoms with van der Waals surface area (Å²) in [6.07, 6.45) is 4.59. The van der Waals surface area contributed by atoms with Gasteiger partial charge < -0.3 is 10.6 Å². The van der Waals surface area contributed by atoms with Crippen LogP contribution >= 0.6 is 0 Å². The molecule has 0 aromatic heterocycles. The number of nitrogens with zero attached hydrogens (tertiary/aromatic N) is 1. The molecule has 0 fully saturated rings. The first kappa shape index (κ1) is 11.6. The van der Waals surface area contributed by atoms with Crippen molar-refractivity contribution < 1.29 is 13.6 Å². The van der Waals surface area contributed by atoms with Crippen molar-refractivity contribution >= 4 is 11.6 Å². The molecule has 0 unspecified atom stereocenters. The fourth-order valence-electron chi connectivity index (χ4n) is 1.74. The van der Waals surface area contributed by atoms with E-state index >= 15 is 0 Å². The third kappa shape index (κ3) is 2.27. The highest BCUT2D eigenvalue weighted by atomic mass is 19.2. The van der Waals surface area contributed by atoms with Crippen molar-refractivity contribution in [2.24, 2.45) is 0 Å². The molecular weight excluding hydrogens is 226 g/mol. The van der Waals surface area contributed by atoms with Gasteiger partial charge in [-0.2, -0.15) is 0 Å². The maximum absolute atomic E-state index is 13.1. The van der Waals surface area contributed by atoms with Gasteiger partial charge in [0.2, 0.25) is 0 Å². The second kappa shape index (κ2) is 4.53. The van der Waals surface area contributed by atoms with E-state index < -0.39 is 11.6 Å². The Morgan fingerprint density at radius 2 is 1.94 bits per heavy atom. The first-order valence-corrected chi connectivity index (χ1v) is 5.28. The molecule has 1 amide bonds. The summed E-state index contributed by atoms with van der Waals surface area (Å²) in [6, 6.07) is 1.69. The number of hydrogen-bond acceptors (Lipinski definition) is 2. The Morgan fingerprint density at radius 3 is 2.59 bits per heavy atom. The minimum atomic E-state index is -1.06. The van der Waals surface area contributed by atoms with Crippen LogP contribution in [0.3, 0.4) is 0 Å². The van der Waals surface area contributed by atoms with Crippen LogP contribution in [0.1, 0.15) is 16.8 Å². The number of nitrogens with two attached hydrogens (primary N) is 1. The number of rotatable bonds is 1. The van der Waals surface area contributed by atoms with Crippen molar-refractivity contribution in [2.75, 3.05) is 18.8 Å². The van der Waals surface area contributed by atoms with Gasteiger partial charge in [-0.25, -0.2) is 8.78 Å². The molecule has 0 radical (unpaired) electrons. The fraction of sp³-hybridized carbons (Fsp3) is 0.250. The summed E-state index contributed by atoms with van der Waals surface area (Å²) in [5.41, 5.74) is 5.50. The van der Waals surface area contributed by atoms with E-state index in [0.717, 1.165) is 18.6 Å². The quantitative estimate of drug-likeness (QED) is 0.600. The molecule has 90 valence electrons. The molecular formula is C12H12F2N2O. The van der Waals surface area contributed by atoms with Gasteiger partial charge in [0.15, 0.2) is 11.6 Å². The molecule has 1 aromatic rings. The molecule has 1 aliphatic heterocycles. The molecule has 0 saturated heterocycles. The SMILES string of the molecule is Nc1cc(F)c(F)cc1C(=O)N1CC=CCC1. The molecule has 17 heavy (non-hydrogen) atoms. The Hall–Kier alpha value is -1.91. The molecule has 1 heterocycles. The van der Waals surface area contributed by atoms with E-state index in [-0.39, 0.29) is 17.2 Å². The largest absolute Gasteiger partial charge is 0.398 e. The van der Waals surface area contributed by atoms with Crippen LogP contribution in [0.15, 0.2) is 24.3 Å². The van der Waals surface area contributed by atoms with E-state index in [9.17, 15) is 13.6 Å². The molecule has 5 heteroatoms. The van der Waals surface area contributed by atoms with Crippen molar-refractivity contribution in [3.05, 3.63) is 41.5 Å². The molecule has 0 bridgehead atoms. The summed E-state index contributed by atoms with van der Waals surface area (Å²) in [6.45, 7) is 1.03. The maximum atomic E-state index is 13.1. The van der Waals surface area contributed by atoms with Gasteiger partial charge in [0.05, 0.1) is 5.56 Å². The molecule has 1 aliphatic rings. The third-order valence-electron chi connectivity index (χ3n) is 2.67. The molecule has 0 aliphatic carbocycles. The van der Waals surface area contributed by atoms with Gasteiger partial charge in [-0.3, -0.25) is 4.79 Å². The number of hydrogen-bond donors (Lipinski definition) is 1. The summed E-state index contributed by atoms with van der Waals surface area (Å²) in [5.74, 6) is -2.47. The van der Waals surface area contributed by atoms with E-state index in [1.807, 2.05) is 12.2 Å². The number of nitrogen functional groups attached to an aromatic ring is 1. The molecule has 3 nitrogen and oxygen atoms in total. The van der Waals surface area contributed by atoms with Crippen LogP contribution in [0, 0.1) is 11.6 Å². The third-order valence-corrected chi connectivity index (χ3v) is 2.67. The van der Waals surface area contributed by atoms with E-state index in [1.54, 1.807) is 4.90 Å². The molecule has 1 aromatic carbocycles. The number of carbonyl (C=O) groups is 1. The molecule has 0 atom stereocenters. The highest BCUT2D eigenvalue weighted by Gasteiger charge is 2.20. The Balaban J connectivity index is 2.30. The van der Waals surface area contributed by atoms with Crippen LogP contribution in [0.5, 0.6) is 0 Å². The number of carbonyl (C=O) groups excluding carboxylic acids is 1. The standard InChI is InChI=1S/C12H12F2N2O/c13-9-6-8(11(15)7-10(9)14)12(17)16-4-2-1-3-5-16/h1-2,6-7H,3-5,15H2. The minimum Gasteiger partial charge on any atom is -0.398 e. The van der Waals surface area contributed by atoms with Gasteiger partial charge in [0, 0.05) is 24.8 Å². The number of anilines is 1. The van der Waals surface area contributed by atoms with E-state index in [4.69, 9.17) is 5.73 Å². The smallest absolute Gasteiger partial charge is 0.256 e. The predicted octanol–water partition coefficient (Wildman–Crippen LogP) is 1.95. The summed E-state index contributed by atoms with van der Waals surface area (Å²) in [4.78, 5) is 13.6. The van der Waals surface area contributed by atoms with E-state index in [1.165, 1.54) is 0 Å². The Kier molecular flexibility index (Phi) is 3.08. The van der Waals surface area contributed by atoms with Crippen molar-refractivity contribution in [3.63, 3.8) is 0 Å². The summed E-state index contributed by atoms with van der Waals surface area (Å²) < 4.78 is 25.9. The van der Waals surface area contributed by atoms with Gasteiger partial charge in [-0.05, 0) is 12.5 Å². The highest BCUT2D eigenvalue weighted by Crippen LogP contribution is 2.19. The Morgan fingerprint density at radius 1 is 1.24 bits per heavy atom. The normalized spacial score (nSPS) is 15.1. The summed E-state index contributed by atoms with van der Waals surface area (Å²) in [7, 11) is 0. The Labute approximate surface area is 97.5 Å². The van der Waals surface area contributed by atoms with Crippen LogP contribution in [-0.4, -0.2) is 23.9 Å². The predicted molar refractivity (Wildman–Crippen MR) is 60.4 cm³/mol. The lowest BCUT2D eigenvalue weighted by Crippen LogP contribution is -2.34. The average Bonchev–Trinajstić information content (AvgIpc) is 2.34. The van der Waals surface area contributed by atoms with E-state index in [2.05, 4.69) is 0 Å². The molecule has 0 saturated carbocycles. The first-order chi connectivity index (χ1) is 8.09. The van der Waals surface area contributed by atoms with Crippen LogP contribution in [0.25, 0.3) is 0 Å². The maximum Gasteiger partial charge on any atom is 0.256 e. The highest BCUT2D eigenvalue weighted by molar-refractivity contribution is 5.99. The number of amides is 1. The van der Waals surface area contributed by atoms with Crippen molar-refractivity contribution in [2.45, 2.75) is 6.42 Å².